The van der Waals surface area contributed by atoms with E-state index >= 15 is 0 Å². The third-order valence-corrected chi connectivity index (χ3v) is 15.6. The molecule has 0 spiro atoms. The Labute approximate surface area is 400 Å². The number of hydrogen-bond donors (Lipinski definition) is 0. The molecule has 1 aromatic heterocycles. The normalized spacial score (nSPS) is 12.7. The standard InChI is InChI=1S/C66H60S/c1-11-40-33-42(35-44(34-40)64(2,3)4)60-49-23-14-12-21-47(49)59(48-22-13-15-24-50(48)60)41-31-32-58-57(38-41)55-29-20-30-56(63(55)67-58)62-53-27-18-16-25-51(53)61(52-26-17-19-28-54(52)62)43-36-45(65(5,6)7)39-46(37-43)66(8,9)10/h12-39H,11H2,1-10H3. The van der Waals surface area contributed by atoms with E-state index in [1.54, 1.807) is 0 Å². The molecule has 1 heterocycles. The summed E-state index contributed by atoms with van der Waals surface area (Å²) in [5.41, 5.74) is 16.0. The van der Waals surface area contributed by atoms with E-state index in [4.69, 9.17) is 0 Å². The highest BCUT2D eigenvalue weighted by atomic mass is 32.1. The van der Waals surface area contributed by atoms with Crippen LogP contribution >= 0.6 is 11.3 Å². The van der Waals surface area contributed by atoms with E-state index in [0.717, 1.165) is 6.42 Å². The molecule has 67 heavy (non-hydrogen) atoms. The lowest BCUT2D eigenvalue weighted by Crippen LogP contribution is -2.16. The highest BCUT2D eigenvalue weighted by molar-refractivity contribution is 7.26. The molecule has 0 radical (unpaired) electrons. The minimum atomic E-state index is 0.0132. The minimum absolute atomic E-state index is 0.0132. The van der Waals surface area contributed by atoms with E-state index in [9.17, 15) is 0 Å². The van der Waals surface area contributed by atoms with Crippen molar-refractivity contribution in [2.75, 3.05) is 0 Å². The van der Waals surface area contributed by atoms with Gasteiger partial charge in [0.05, 0.1) is 0 Å². The quantitative estimate of drug-likeness (QED) is 0.151. The first-order chi connectivity index (χ1) is 32.1. The summed E-state index contributed by atoms with van der Waals surface area (Å²) >= 11 is 1.93. The van der Waals surface area contributed by atoms with Gasteiger partial charge in [0.1, 0.15) is 0 Å². The largest absolute Gasteiger partial charge is 0.135 e. The summed E-state index contributed by atoms with van der Waals surface area (Å²) < 4.78 is 2.64. The Bertz CT molecular complexity index is 3630. The lowest BCUT2D eigenvalue weighted by molar-refractivity contribution is 0.569. The lowest BCUT2D eigenvalue weighted by Gasteiger charge is -2.27. The van der Waals surface area contributed by atoms with Crippen LogP contribution in [0.15, 0.2) is 170 Å². The number of aryl methyl sites for hydroxylation is 1. The summed E-state index contributed by atoms with van der Waals surface area (Å²) in [7, 11) is 0. The molecule has 0 aliphatic heterocycles. The van der Waals surface area contributed by atoms with Gasteiger partial charge in [0, 0.05) is 25.7 Å². The Morgan fingerprint density at radius 1 is 0.328 bits per heavy atom. The van der Waals surface area contributed by atoms with Gasteiger partial charge in [0.15, 0.2) is 0 Å². The molecule has 0 aliphatic carbocycles. The molecular formula is C66H60S. The van der Waals surface area contributed by atoms with E-state index in [2.05, 4.69) is 239 Å². The minimum Gasteiger partial charge on any atom is -0.135 e. The van der Waals surface area contributed by atoms with Crippen molar-refractivity contribution in [2.24, 2.45) is 0 Å². The van der Waals surface area contributed by atoms with Crippen molar-refractivity contribution < 1.29 is 0 Å². The number of fused-ring (bicyclic) bond motifs is 7. The van der Waals surface area contributed by atoms with Crippen LogP contribution in [0.2, 0.25) is 0 Å². The number of rotatable bonds is 5. The Balaban J connectivity index is 1.14. The molecule has 0 amide bonds. The van der Waals surface area contributed by atoms with E-state index in [-0.39, 0.29) is 16.2 Å². The second kappa shape index (κ2) is 15.8. The van der Waals surface area contributed by atoms with Crippen LogP contribution in [0.1, 0.15) is 91.5 Å². The lowest BCUT2D eigenvalue weighted by atomic mass is 9.77. The van der Waals surface area contributed by atoms with Gasteiger partial charge in [0.2, 0.25) is 0 Å². The molecule has 1 heteroatoms. The van der Waals surface area contributed by atoms with E-state index in [0.29, 0.717) is 0 Å². The molecular weight excluding hydrogens is 825 g/mol. The van der Waals surface area contributed by atoms with Crippen LogP contribution in [-0.2, 0) is 22.7 Å². The van der Waals surface area contributed by atoms with Crippen molar-refractivity contribution in [1.82, 2.24) is 0 Å². The van der Waals surface area contributed by atoms with Gasteiger partial charge in [-0.3, -0.25) is 0 Å². The van der Waals surface area contributed by atoms with Gasteiger partial charge >= 0.3 is 0 Å². The molecule has 11 aromatic rings. The number of thiophene rings is 1. The van der Waals surface area contributed by atoms with Crippen LogP contribution in [0, 0.1) is 0 Å². The number of hydrogen-bond acceptors (Lipinski definition) is 1. The molecule has 10 aromatic carbocycles. The van der Waals surface area contributed by atoms with Crippen molar-refractivity contribution in [1.29, 1.82) is 0 Å². The van der Waals surface area contributed by atoms with Crippen LogP contribution in [-0.4, -0.2) is 0 Å². The average Bonchev–Trinajstić information content (AvgIpc) is 3.69. The van der Waals surface area contributed by atoms with Crippen molar-refractivity contribution in [3.63, 3.8) is 0 Å². The monoisotopic (exact) mass is 884 g/mol. The van der Waals surface area contributed by atoms with Crippen LogP contribution in [0.25, 0.3) is 108 Å². The molecule has 330 valence electrons. The van der Waals surface area contributed by atoms with Crippen molar-refractivity contribution in [3.05, 3.63) is 192 Å². The smallest absolute Gasteiger partial charge is 0.0434 e. The topological polar surface area (TPSA) is 0 Å². The summed E-state index contributed by atoms with van der Waals surface area (Å²) in [4.78, 5) is 0. The van der Waals surface area contributed by atoms with Gasteiger partial charge in [0.25, 0.3) is 0 Å². The molecule has 0 bridgehead atoms. The molecule has 0 saturated heterocycles. The van der Waals surface area contributed by atoms with Gasteiger partial charge in [-0.1, -0.05) is 227 Å². The first kappa shape index (κ1) is 43.1. The molecule has 0 aliphatic rings. The molecule has 0 nitrogen and oxygen atoms in total. The van der Waals surface area contributed by atoms with Crippen molar-refractivity contribution in [2.45, 2.75) is 91.9 Å². The summed E-state index contributed by atoms with van der Waals surface area (Å²) in [5, 5.41) is 12.9. The van der Waals surface area contributed by atoms with Crippen LogP contribution in [0.4, 0.5) is 0 Å². The highest BCUT2D eigenvalue weighted by Gasteiger charge is 2.25. The fourth-order valence-electron chi connectivity index (χ4n) is 10.7. The maximum Gasteiger partial charge on any atom is 0.0434 e. The first-order valence-corrected chi connectivity index (χ1v) is 25.0. The fraction of sp³-hybridized carbons (Fsp3) is 0.212. The SMILES string of the molecule is CCc1cc(-c2c3ccccc3c(-c3ccc4sc5c(-c6c7ccccc7c(-c7cc(C(C)(C)C)cc(C(C)(C)C)c7)c7ccccc67)cccc5c4c3)c3ccccc23)cc(C(C)(C)C)c1. The van der Waals surface area contributed by atoms with E-state index in [1.165, 1.54) is 130 Å². The third kappa shape index (κ3) is 7.26. The second-order valence-corrected chi connectivity index (χ2v) is 23.1. The van der Waals surface area contributed by atoms with Crippen LogP contribution in [0.5, 0.6) is 0 Å². The van der Waals surface area contributed by atoms with Gasteiger partial charge in [-0.2, -0.15) is 0 Å². The summed E-state index contributed by atoms with van der Waals surface area (Å²) in [6.07, 6.45) is 1.00. The zero-order valence-corrected chi connectivity index (χ0v) is 41.6. The van der Waals surface area contributed by atoms with E-state index < -0.39 is 0 Å². The Morgan fingerprint density at radius 2 is 0.716 bits per heavy atom. The molecule has 11 rings (SSSR count). The zero-order valence-electron chi connectivity index (χ0n) is 40.8. The predicted molar refractivity (Wildman–Crippen MR) is 297 cm³/mol. The first-order valence-electron chi connectivity index (χ1n) is 24.2. The van der Waals surface area contributed by atoms with Crippen LogP contribution < -0.4 is 0 Å². The third-order valence-electron chi connectivity index (χ3n) is 14.4. The number of benzene rings is 10. The molecule has 0 N–H and O–H groups in total. The predicted octanol–water partition coefficient (Wildman–Crippen LogP) is 19.8. The highest BCUT2D eigenvalue weighted by Crippen LogP contribution is 2.50. The summed E-state index contributed by atoms with van der Waals surface area (Å²) in [6.45, 7) is 23.3. The van der Waals surface area contributed by atoms with Crippen molar-refractivity contribution in [3.8, 4) is 44.5 Å². The Hall–Kier alpha value is -6.54. The zero-order chi connectivity index (χ0) is 46.6. The van der Waals surface area contributed by atoms with Crippen molar-refractivity contribution >= 4 is 74.6 Å². The maximum atomic E-state index is 2.48. The molecule has 0 atom stereocenters. The Kier molecular flexibility index (Phi) is 10.1. The van der Waals surface area contributed by atoms with Gasteiger partial charge < -0.3 is 0 Å². The summed E-state index contributed by atoms with van der Waals surface area (Å²) in [5.74, 6) is 0. The van der Waals surface area contributed by atoms with Gasteiger partial charge in [-0.25, -0.2) is 0 Å². The summed E-state index contributed by atoms with van der Waals surface area (Å²) in [6, 6.07) is 65.3. The van der Waals surface area contributed by atoms with Crippen LogP contribution in [0.3, 0.4) is 0 Å². The second-order valence-electron chi connectivity index (χ2n) is 22.0. The molecule has 0 saturated carbocycles. The molecule has 0 unspecified atom stereocenters. The molecule has 0 fully saturated rings. The fourth-order valence-corrected chi connectivity index (χ4v) is 11.9. The maximum absolute atomic E-state index is 2.48. The van der Waals surface area contributed by atoms with Gasteiger partial charge in [-0.05, 0) is 139 Å². The van der Waals surface area contributed by atoms with Gasteiger partial charge in [-0.15, -0.1) is 11.3 Å². The average molecular weight is 885 g/mol. The van der Waals surface area contributed by atoms with E-state index in [1.807, 2.05) is 11.3 Å². The Morgan fingerprint density at radius 3 is 1.15 bits per heavy atom.